The molecule has 1 radical (unpaired) electrons. The molecule has 73 valence electrons. The zero-order chi connectivity index (χ0) is 10.1. The third kappa shape index (κ3) is 1.54. The molecule has 0 aromatic heterocycles. The van der Waals surface area contributed by atoms with E-state index < -0.39 is 0 Å². The fourth-order valence-corrected chi connectivity index (χ4v) is 2.28. The van der Waals surface area contributed by atoms with Crippen LogP contribution in [0.5, 0.6) is 0 Å². The van der Waals surface area contributed by atoms with Gasteiger partial charge in [-0.25, -0.2) is 0 Å². The van der Waals surface area contributed by atoms with Gasteiger partial charge in [0.05, 0.1) is 11.4 Å². The topological polar surface area (TPSA) is 14.1 Å². The average molecular weight is 195 g/mol. The molecule has 0 saturated heterocycles. The van der Waals surface area contributed by atoms with Crippen molar-refractivity contribution in [1.29, 1.82) is 0 Å². The highest BCUT2D eigenvalue weighted by molar-refractivity contribution is 6.02. The van der Waals surface area contributed by atoms with E-state index >= 15 is 0 Å². The predicted octanol–water partition coefficient (Wildman–Crippen LogP) is 2.41. The normalized spacial score (nSPS) is 18.4. The first-order chi connectivity index (χ1) is 7.43. The summed E-state index contributed by atoms with van der Waals surface area (Å²) in [6.45, 7) is 0. The predicted molar refractivity (Wildman–Crippen MR) is 62.8 cm³/mol. The van der Waals surface area contributed by atoms with Gasteiger partial charge in [0.1, 0.15) is 0 Å². The first-order valence-electron chi connectivity index (χ1n) is 5.43. The van der Waals surface area contributed by atoms with Crippen molar-refractivity contribution < 1.29 is 0 Å². The largest absolute Gasteiger partial charge is 0.261 e. The first kappa shape index (κ1) is 8.66. The number of aliphatic imine (C=N–C) groups is 1. The van der Waals surface area contributed by atoms with Crippen LogP contribution in [0.3, 0.4) is 0 Å². The molecule has 0 N–H and O–H groups in total. The maximum atomic E-state index is 4.48. The summed E-state index contributed by atoms with van der Waals surface area (Å²) in [6.07, 6.45) is 9.40. The fraction of sp³-hybridized carbons (Fsp3) is 0.214. The number of benzene rings is 1. The molecule has 1 heterocycles. The molecular formula is C14H13N+. The summed E-state index contributed by atoms with van der Waals surface area (Å²) in [5.74, 6) is 0. The molecule has 3 rings (SSSR count). The molecule has 1 aliphatic heterocycles. The van der Waals surface area contributed by atoms with E-state index in [0.717, 1.165) is 19.3 Å². The van der Waals surface area contributed by atoms with Crippen LogP contribution >= 0.6 is 0 Å². The van der Waals surface area contributed by atoms with Gasteiger partial charge in [0.25, 0.3) is 5.71 Å². The van der Waals surface area contributed by atoms with Crippen molar-refractivity contribution in [2.45, 2.75) is 19.3 Å². The lowest BCUT2D eigenvalue weighted by Gasteiger charge is -2.00. The molecular weight excluding hydrogens is 182 g/mol. The number of allylic oxidation sites excluding steroid dienone is 3. The fourth-order valence-electron chi connectivity index (χ4n) is 2.28. The summed E-state index contributed by atoms with van der Waals surface area (Å²) < 4.78 is 0. The quantitative estimate of drug-likeness (QED) is 0.603. The molecule has 0 amide bonds. The monoisotopic (exact) mass is 195 g/mol. The molecule has 1 aliphatic carbocycles. The van der Waals surface area contributed by atoms with Crippen LogP contribution in [0.15, 0.2) is 48.2 Å². The van der Waals surface area contributed by atoms with Gasteiger partial charge in [-0.15, -0.1) is 0 Å². The van der Waals surface area contributed by atoms with Gasteiger partial charge < -0.3 is 0 Å². The Morgan fingerprint density at radius 1 is 1.00 bits per heavy atom. The number of nitrogens with zero attached hydrogens (tertiary/aromatic N) is 1. The zero-order valence-corrected chi connectivity index (χ0v) is 8.61. The summed E-state index contributed by atoms with van der Waals surface area (Å²) in [5.41, 5.74) is 5.58. The molecule has 1 aromatic carbocycles. The highest BCUT2D eigenvalue weighted by Crippen LogP contribution is 2.22. The van der Waals surface area contributed by atoms with Crippen LogP contribution in [0.2, 0.25) is 0 Å². The Bertz CT molecular complexity index is 478. The summed E-state index contributed by atoms with van der Waals surface area (Å²) in [5, 5.41) is 0. The Morgan fingerprint density at radius 2 is 1.87 bits per heavy atom. The molecule has 0 atom stereocenters. The van der Waals surface area contributed by atoms with Crippen molar-refractivity contribution in [3.05, 3.63) is 59.3 Å². The Kier molecular flexibility index (Phi) is 2.02. The second kappa shape index (κ2) is 3.50. The van der Waals surface area contributed by atoms with E-state index in [2.05, 4.69) is 35.3 Å². The van der Waals surface area contributed by atoms with Crippen LogP contribution in [0.1, 0.15) is 17.5 Å². The van der Waals surface area contributed by atoms with E-state index in [1.807, 2.05) is 12.3 Å². The minimum Gasteiger partial charge on any atom is -0.0620 e. The van der Waals surface area contributed by atoms with E-state index in [1.54, 1.807) is 0 Å². The van der Waals surface area contributed by atoms with Crippen molar-refractivity contribution in [2.24, 2.45) is 0 Å². The highest BCUT2D eigenvalue weighted by Gasteiger charge is 2.23. The van der Waals surface area contributed by atoms with E-state index in [4.69, 9.17) is 0 Å². The van der Waals surface area contributed by atoms with Gasteiger partial charge in [-0.05, 0) is 30.0 Å². The summed E-state index contributed by atoms with van der Waals surface area (Å²) in [7, 11) is 0. The van der Waals surface area contributed by atoms with Gasteiger partial charge in [-0.2, -0.15) is 0 Å². The Hall–Kier alpha value is -1.63. The van der Waals surface area contributed by atoms with Gasteiger partial charge in [-0.1, -0.05) is 24.3 Å². The lowest BCUT2D eigenvalue weighted by molar-refractivity contribution is 0.977. The minimum absolute atomic E-state index is 0.992. The Labute approximate surface area is 89.9 Å². The first-order valence-corrected chi connectivity index (χ1v) is 5.43. The second-order valence-corrected chi connectivity index (χ2v) is 4.05. The van der Waals surface area contributed by atoms with E-state index in [1.165, 1.54) is 22.4 Å². The number of hydrogen-bond donors (Lipinski definition) is 0. The minimum atomic E-state index is 0.992. The number of hydrogen-bond acceptors (Lipinski definition) is 1. The van der Waals surface area contributed by atoms with Crippen molar-refractivity contribution in [3.8, 4) is 0 Å². The van der Waals surface area contributed by atoms with Gasteiger partial charge >= 0.3 is 0 Å². The van der Waals surface area contributed by atoms with Crippen LogP contribution in [0, 0.1) is 0 Å². The molecule has 1 heteroatoms. The second-order valence-electron chi connectivity index (χ2n) is 4.05. The maximum Gasteiger partial charge on any atom is 0.261 e. The molecule has 0 spiro atoms. The van der Waals surface area contributed by atoms with Crippen LogP contribution in [0.4, 0.5) is 0 Å². The molecule has 1 nitrogen and oxygen atoms in total. The standard InChI is InChI=1S/C14H13N/c1-2-5-13-10-14-12(6-3-9-15-14)8-7-11(13)4-1/h1-6,9H,7-8,10H2/q+1. The molecule has 0 fully saturated rings. The van der Waals surface area contributed by atoms with Gasteiger partial charge in [-0.3, -0.25) is 0 Å². The number of fused-ring (bicyclic) bond motifs is 2. The van der Waals surface area contributed by atoms with Crippen LogP contribution in [-0.4, -0.2) is 5.71 Å². The van der Waals surface area contributed by atoms with Gasteiger partial charge in [0.2, 0.25) is 6.20 Å². The number of rotatable bonds is 0. The van der Waals surface area contributed by atoms with Crippen molar-refractivity contribution in [2.75, 3.05) is 0 Å². The van der Waals surface area contributed by atoms with Gasteiger partial charge in [0, 0.05) is 11.6 Å². The lowest BCUT2D eigenvalue weighted by Crippen LogP contribution is -2.12. The van der Waals surface area contributed by atoms with Gasteiger partial charge in [0.15, 0.2) is 0 Å². The summed E-state index contributed by atoms with van der Waals surface area (Å²) in [4.78, 5) is 4.48. The third-order valence-corrected chi connectivity index (χ3v) is 3.12. The van der Waals surface area contributed by atoms with Crippen LogP contribution < -0.4 is 4.99 Å². The molecule has 1 aromatic rings. The maximum absolute atomic E-state index is 4.48. The smallest absolute Gasteiger partial charge is 0.0620 e. The Morgan fingerprint density at radius 3 is 2.80 bits per heavy atom. The average Bonchev–Trinajstić information content (AvgIpc) is 2.48. The molecule has 15 heavy (non-hydrogen) atoms. The molecule has 2 aliphatic rings. The van der Waals surface area contributed by atoms with Crippen LogP contribution in [-0.2, 0) is 12.8 Å². The summed E-state index contributed by atoms with van der Waals surface area (Å²) >= 11 is 0. The van der Waals surface area contributed by atoms with Crippen molar-refractivity contribution in [3.63, 3.8) is 0 Å². The van der Waals surface area contributed by atoms with E-state index in [9.17, 15) is 0 Å². The van der Waals surface area contributed by atoms with E-state index in [-0.39, 0.29) is 0 Å². The third-order valence-electron chi connectivity index (χ3n) is 3.12. The highest BCUT2D eigenvalue weighted by atomic mass is 14.7. The molecule has 0 bridgehead atoms. The van der Waals surface area contributed by atoms with Crippen molar-refractivity contribution in [1.82, 2.24) is 4.99 Å². The Balaban J connectivity index is 2.06. The molecule has 0 saturated carbocycles. The zero-order valence-electron chi connectivity index (χ0n) is 8.61. The SMILES string of the molecule is C1=C[N+]=C2Cc3ccccc3CCC2=C1. The van der Waals surface area contributed by atoms with Crippen molar-refractivity contribution >= 4 is 5.71 Å². The summed E-state index contributed by atoms with van der Waals surface area (Å²) in [6, 6.07) is 8.70. The van der Waals surface area contributed by atoms with E-state index in [0.29, 0.717) is 0 Å². The number of aryl methyl sites for hydroxylation is 1. The lowest BCUT2D eigenvalue weighted by atomic mass is 10.0. The molecule has 0 unspecified atom stereocenters. The van der Waals surface area contributed by atoms with Crippen LogP contribution in [0.25, 0.3) is 0 Å².